The van der Waals surface area contributed by atoms with Crippen molar-refractivity contribution in [2.24, 2.45) is 0 Å². The van der Waals surface area contributed by atoms with Gasteiger partial charge in [0, 0.05) is 11.1 Å². The van der Waals surface area contributed by atoms with E-state index in [2.05, 4.69) is 15.4 Å². The van der Waals surface area contributed by atoms with Crippen LogP contribution in [0.3, 0.4) is 0 Å². The van der Waals surface area contributed by atoms with Gasteiger partial charge in [-0.3, -0.25) is 0 Å². The van der Waals surface area contributed by atoms with E-state index >= 15 is 0 Å². The van der Waals surface area contributed by atoms with Gasteiger partial charge in [0.25, 0.3) is 0 Å². The monoisotopic (exact) mass is 347 g/mol. The molecule has 0 N–H and O–H groups in total. The first-order chi connectivity index (χ1) is 12.7. The number of hydrogen-bond donors (Lipinski definition) is 0. The van der Waals surface area contributed by atoms with Gasteiger partial charge in [-0.2, -0.15) is 0 Å². The maximum Gasteiger partial charge on any atom is 0.349 e. The van der Waals surface area contributed by atoms with Crippen LogP contribution in [-0.2, 0) is 0 Å². The van der Waals surface area contributed by atoms with Crippen molar-refractivity contribution in [3.05, 3.63) is 72.3 Å². The van der Waals surface area contributed by atoms with Crippen LogP contribution in [-0.4, -0.2) is 21.3 Å². The Labute approximate surface area is 148 Å². The second-order valence-corrected chi connectivity index (χ2v) is 5.49. The molecule has 0 saturated heterocycles. The molecule has 128 valence electrons. The lowest BCUT2D eigenvalue weighted by molar-refractivity contribution is 0.0733. The minimum absolute atomic E-state index is 0.303. The van der Waals surface area contributed by atoms with Crippen molar-refractivity contribution in [1.29, 1.82) is 0 Å². The second kappa shape index (κ2) is 6.64. The van der Waals surface area contributed by atoms with Gasteiger partial charge in [0.05, 0.1) is 0 Å². The normalized spacial score (nSPS) is 10.7. The van der Waals surface area contributed by atoms with Crippen molar-refractivity contribution in [1.82, 2.24) is 15.4 Å². The van der Waals surface area contributed by atoms with Crippen LogP contribution in [0.15, 0.2) is 69.9 Å². The van der Waals surface area contributed by atoms with Crippen LogP contribution < -0.4 is 4.74 Å². The van der Waals surface area contributed by atoms with Gasteiger partial charge < -0.3 is 13.7 Å². The summed E-state index contributed by atoms with van der Waals surface area (Å²) in [5, 5.41) is 11.5. The van der Waals surface area contributed by atoms with Crippen LogP contribution in [0.1, 0.15) is 16.1 Å². The van der Waals surface area contributed by atoms with Gasteiger partial charge in [-0.1, -0.05) is 35.5 Å². The fourth-order valence-electron chi connectivity index (χ4n) is 2.53. The molecule has 0 radical (unpaired) electrons. The van der Waals surface area contributed by atoms with E-state index in [1.165, 1.54) is 6.39 Å². The van der Waals surface area contributed by atoms with E-state index in [-0.39, 0.29) is 0 Å². The molecule has 2 aromatic heterocycles. The Morgan fingerprint density at radius 1 is 1.00 bits per heavy atom. The summed E-state index contributed by atoms with van der Waals surface area (Å²) in [4.78, 5) is 12.6. The molecule has 0 bridgehead atoms. The predicted molar refractivity (Wildman–Crippen MR) is 91.4 cm³/mol. The molecule has 4 aromatic rings. The van der Waals surface area contributed by atoms with Gasteiger partial charge >= 0.3 is 5.97 Å². The molecule has 0 aliphatic rings. The average Bonchev–Trinajstić information content (AvgIpc) is 3.33. The largest absolute Gasteiger partial charge is 0.423 e. The Balaban J connectivity index is 1.58. The number of carbonyl (C=O) groups is 1. The van der Waals surface area contributed by atoms with E-state index in [1.807, 2.05) is 30.3 Å². The van der Waals surface area contributed by atoms with E-state index in [0.29, 0.717) is 28.7 Å². The Morgan fingerprint density at radius 2 is 1.77 bits per heavy atom. The lowest BCUT2D eigenvalue weighted by atomic mass is 10.1. The van der Waals surface area contributed by atoms with Crippen LogP contribution in [0.5, 0.6) is 5.75 Å². The van der Waals surface area contributed by atoms with Gasteiger partial charge in [0.1, 0.15) is 22.8 Å². The first-order valence-electron chi connectivity index (χ1n) is 7.83. The minimum atomic E-state index is -0.534. The lowest BCUT2D eigenvalue weighted by Crippen LogP contribution is -2.10. The second-order valence-electron chi connectivity index (χ2n) is 5.49. The molecule has 2 aromatic carbocycles. The summed E-state index contributed by atoms with van der Waals surface area (Å²) < 4.78 is 15.8. The fourth-order valence-corrected chi connectivity index (χ4v) is 2.53. The fraction of sp³-hybridized carbons (Fsp3) is 0.0526. The average molecular weight is 347 g/mol. The van der Waals surface area contributed by atoms with Crippen molar-refractivity contribution < 1.29 is 18.5 Å². The zero-order valence-electron chi connectivity index (χ0n) is 13.7. The highest BCUT2D eigenvalue weighted by Crippen LogP contribution is 2.27. The Hall–Kier alpha value is -3.74. The summed E-state index contributed by atoms with van der Waals surface area (Å²) >= 11 is 0. The molecule has 0 aliphatic carbocycles. The van der Waals surface area contributed by atoms with Crippen molar-refractivity contribution in [2.45, 2.75) is 6.92 Å². The van der Waals surface area contributed by atoms with Gasteiger partial charge in [-0.15, -0.1) is 10.2 Å². The van der Waals surface area contributed by atoms with Crippen molar-refractivity contribution in [3.8, 4) is 28.5 Å². The standard InChI is InChI=1S/C19H13N3O4/c1-12-16(17(22-26-12)13-5-3-2-4-6-13)19(23)25-15-9-7-14(8-10-15)18-21-20-11-24-18/h2-11H,1H3. The molecule has 0 aliphatic heterocycles. The zero-order chi connectivity index (χ0) is 17.9. The maximum absolute atomic E-state index is 12.6. The number of benzene rings is 2. The first kappa shape index (κ1) is 15.8. The highest BCUT2D eigenvalue weighted by molar-refractivity contribution is 5.98. The molecule has 0 spiro atoms. The zero-order valence-corrected chi connectivity index (χ0v) is 13.7. The summed E-state index contributed by atoms with van der Waals surface area (Å²) in [5.41, 5.74) is 2.27. The van der Waals surface area contributed by atoms with E-state index in [1.54, 1.807) is 31.2 Å². The topological polar surface area (TPSA) is 91.2 Å². The highest BCUT2D eigenvalue weighted by atomic mass is 16.5. The lowest BCUT2D eigenvalue weighted by Gasteiger charge is -2.05. The number of aryl methyl sites for hydroxylation is 1. The van der Waals surface area contributed by atoms with Gasteiger partial charge in [-0.05, 0) is 31.2 Å². The third kappa shape index (κ3) is 2.98. The van der Waals surface area contributed by atoms with Gasteiger partial charge in [0.15, 0.2) is 0 Å². The molecular formula is C19H13N3O4. The summed E-state index contributed by atoms with van der Waals surface area (Å²) in [7, 11) is 0. The molecule has 0 unspecified atom stereocenters. The van der Waals surface area contributed by atoms with Gasteiger partial charge in [-0.25, -0.2) is 4.79 Å². The Morgan fingerprint density at radius 3 is 2.46 bits per heavy atom. The van der Waals surface area contributed by atoms with Crippen LogP contribution in [0.2, 0.25) is 0 Å². The van der Waals surface area contributed by atoms with E-state index in [9.17, 15) is 4.79 Å². The highest BCUT2D eigenvalue weighted by Gasteiger charge is 2.23. The molecule has 7 nitrogen and oxygen atoms in total. The molecular weight excluding hydrogens is 334 g/mol. The number of ether oxygens (including phenoxy) is 1. The summed E-state index contributed by atoms with van der Waals surface area (Å²) in [6.07, 6.45) is 1.25. The number of rotatable bonds is 4. The Bertz CT molecular complexity index is 1020. The summed E-state index contributed by atoms with van der Waals surface area (Å²) in [5.74, 6) is 0.645. The van der Waals surface area contributed by atoms with Crippen LogP contribution >= 0.6 is 0 Å². The number of carbonyl (C=O) groups excluding carboxylic acids is 1. The van der Waals surface area contributed by atoms with Crippen molar-refractivity contribution in [3.63, 3.8) is 0 Å². The van der Waals surface area contributed by atoms with Crippen LogP contribution in [0, 0.1) is 6.92 Å². The molecule has 0 saturated carbocycles. The van der Waals surface area contributed by atoms with E-state index in [4.69, 9.17) is 13.7 Å². The maximum atomic E-state index is 12.6. The van der Waals surface area contributed by atoms with Gasteiger partial charge in [0.2, 0.25) is 12.3 Å². The smallest absolute Gasteiger partial charge is 0.349 e. The molecule has 4 rings (SSSR count). The molecule has 0 fully saturated rings. The quantitative estimate of drug-likeness (QED) is 0.408. The summed E-state index contributed by atoms with van der Waals surface area (Å²) in [6, 6.07) is 16.1. The molecule has 7 heteroatoms. The van der Waals surface area contributed by atoms with E-state index < -0.39 is 5.97 Å². The molecule has 2 heterocycles. The number of esters is 1. The predicted octanol–water partition coefficient (Wildman–Crippen LogP) is 3.92. The molecule has 26 heavy (non-hydrogen) atoms. The number of aromatic nitrogens is 3. The third-order valence-electron chi connectivity index (χ3n) is 3.79. The molecule has 0 atom stereocenters. The van der Waals surface area contributed by atoms with Crippen molar-refractivity contribution in [2.75, 3.05) is 0 Å². The van der Waals surface area contributed by atoms with E-state index in [0.717, 1.165) is 11.1 Å². The third-order valence-corrected chi connectivity index (χ3v) is 3.79. The Kier molecular flexibility index (Phi) is 4.03. The van der Waals surface area contributed by atoms with Crippen LogP contribution in [0.4, 0.5) is 0 Å². The molecule has 0 amide bonds. The van der Waals surface area contributed by atoms with Crippen LogP contribution in [0.25, 0.3) is 22.7 Å². The minimum Gasteiger partial charge on any atom is -0.423 e. The summed E-state index contributed by atoms with van der Waals surface area (Å²) in [6.45, 7) is 1.68. The first-order valence-corrected chi connectivity index (χ1v) is 7.83. The SMILES string of the molecule is Cc1onc(-c2ccccc2)c1C(=O)Oc1ccc(-c2nnco2)cc1. The van der Waals surface area contributed by atoms with Crippen molar-refractivity contribution >= 4 is 5.97 Å². The number of hydrogen-bond acceptors (Lipinski definition) is 7. The number of nitrogens with zero attached hydrogens (tertiary/aromatic N) is 3.